The van der Waals surface area contributed by atoms with Crippen LogP contribution < -0.4 is 15.5 Å². The summed E-state index contributed by atoms with van der Waals surface area (Å²) in [5.74, 6) is 0.413. The Bertz CT molecular complexity index is 1250. The van der Waals surface area contributed by atoms with E-state index in [4.69, 9.17) is 15.2 Å². The van der Waals surface area contributed by atoms with Crippen molar-refractivity contribution in [2.75, 3.05) is 11.9 Å². The van der Waals surface area contributed by atoms with E-state index >= 15 is 0 Å². The first-order chi connectivity index (χ1) is 15.9. The Morgan fingerprint density at radius 3 is 2.73 bits per heavy atom. The fourth-order valence-electron chi connectivity index (χ4n) is 4.89. The lowest BCUT2D eigenvalue weighted by molar-refractivity contribution is -0.0281. The molecule has 0 saturated heterocycles. The molecule has 2 aromatic heterocycles. The summed E-state index contributed by atoms with van der Waals surface area (Å²) in [4.78, 5) is 12.8. The molecular weight excluding hydrogens is 422 g/mol. The molecule has 0 unspecified atom stereocenters. The van der Waals surface area contributed by atoms with Crippen LogP contribution in [0.1, 0.15) is 62.0 Å². The minimum absolute atomic E-state index is 0.0499. The van der Waals surface area contributed by atoms with Crippen LogP contribution in [-0.2, 0) is 0 Å². The summed E-state index contributed by atoms with van der Waals surface area (Å²) < 4.78 is 8.26. The van der Waals surface area contributed by atoms with Gasteiger partial charge in [0.15, 0.2) is 5.49 Å². The summed E-state index contributed by atoms with van der Waals surface area (Å²) in [5, 5.41) is 37.0. The molecule has 3 aromatic rings. The lowest BCUT2D eigenvalue weighted by Gasteiger charge is -2.36. The molecule has 5 rings (SSSR count). The van der Waals surface area contributed by atoms with Crippen molar-refractivity contribution in [3.8, 4) is 5.75 Å². The SMILES string of the molecule is CCOc1cc2nn(C3CCC(O)(C4CC4)CC3)cc2cc1NC(=O)c1cccc(=N)n1O. The van der Waals surface area contributed by atoms with E-state index in [1.807, 2.05) is 29.9 Å². The van der Waals surface area contributed by atoms with Crippen molar-refractivity contribution >= 4 is 22.5 Å². The highest BCUT2D eigenvalue weighted by Crippen LogP contribution is 2.49. The second-order valence-electron chi connectivity index (χ2n) is 9.12. The molecule has 0 aliphatic heterocycles. The van der Waals surface area contributed by atoms with E-state index in [2.05, 4.69) is 5.32 Å². The van der Waals surface area contributed by atoms with E-state index in [0.29, 0.717) is 28.7 Å². The maximum absolute atomic E-state index is 12.8. The van der Waals surface area contributed by atoms with Gasteiger partial charge in [0.2, 0.25) is 0 Å². The highest BCUT2D eigenvalue weighted by Gasteiger charge is 2.45. The summed E-state index contributed by atoms with van der Waals surface area (Å²) >= 11 is 0. The number of carbonyl (C=O) groups excluding carboxylic acids is 1. The summed E-state index contributed by atoms with van der Waals surface area (Å²) in [7, 11) is 0. The predicted molar refractivity (Wildman–Crippen MR) is 122 cm³/mol. The van der Waals surface area contributed by atoms with Gasteiger partial charge < -0.3 is 20.4 Å². The number of pyridine rings is 1. The number of nitrogens with zero attached hydrogens (tertiary/aromatic N) is 3. The quantitative estimate of drug-likeness (QED) is 0.427. The third-order valence-electron chi connectivity index (χ3n) is 6.90. The first-order valence-corrected chi connectivity index (χ1v) is 11.5. The minimum Gasteiger partial charge on any atom is -0.492 e. The third kappa shape index (κ3) is 4.08. The van der Waals surface area contributed by atoms with Crippen LogP contribution in [0.15, 0.2) is 36.5 Å². The van der Waals surface area contributed by atoms with E-state index < -0.39 is 11.5 Å². The molecule has 174 valence electrons. The molecule has 0 bridgehead atoms. The van der Waals surface area contributed by atoms with Crippen LogP contribution in [0.25, 0.3) is 10.9 Å². The van der Waals surface area contributed by atoms with E-state index in [1.165, 1.54) is 18.2 Å². The van der Waals surface area contributed by atoms with Crippen LogP contribution in [0.5, 0.6) is 5.75 Å². The minimum atomic E-state index is -0.550. The molecule has 0 radical (unpaired) electrons. The van der Waals surface area contributed by atoms with Crippen LogP contribution >= 0.6 is 0 Å². The molecule has 4 N–H and O–H groups in total. The van der Waals surface area contributed by atoms with E-state index in [9.17, 15) is 15.1 Å². The van der Waals surface area contributed by atoms with Gasteiger partial charge in [-0.15, -0.1) is 0 Å². The fourth-order valence-corrected chi connectivity index (χ4v) is 4.89. The molecule has 2 aliphatic carbocycles. The summed E-state index contributed by atoms with van der Waals surface area (Å²) in [6.07, 6.45) is 7.66. The summed E-state index contributed by atoms with van der Waals surface area (Å²) in [5.41, 5.74) is 0.500. The first-order valence-electron chi connectivity index (χ1n) is 11.5. The van der Waals surface area contributed by atoms with Crippen LogP contribution in [-0.4, -0.2) is 42.9 Å². The smallest absolute Gasteiger partial charge is 0.275 e. The topological polar surface area (TPSA) is 125 Å². The van der Waals surface area contributed by atoms with Gasteiger partial charge >= 0.3 is 0 Å². The largest absolute Gasteiger partial charge is 0.492 e. The second kappa shape index (κ2) is 8.22. The normalized spacial score (nSPS) is 22.9. The Hall–Kier alpha value is -3.33. The van der Waals surface area contributed by atoms with Crippen molar-refractivity contribution in [2.45, 2.75) is 57.1 Å². The zero-order chi connectivity index (χ0) is 23.2. The molecule has 0 spiro atoms. The number of carbonyl (C=O) groups is 1. The molecule has 9 heteroatoms. The molecule has 2 aliphatic rings. The van der Waals surface area contributed by atoms with Crippen LogP contribution in [0.2, 0.25) is 0 Å². The van der Waals surface area contributed by atoms with Crippen molar-refractivity contribution in [2.24, 2.45) is 5.92 Å². The van der Waals surface area contributed by atoms with E-state index in [0.717, 1.165) is 49.4 Å². The maximum atomic E-state index is 12.8. The summed E-state index contributed by atoms with van der Waals surface area (Å²) in [6, 6.07) is 8.22. The molecule has 9 nitrogen and oxygen atoms in total. The van der Waals surface area contributed by atoms with Gasteiger partial charge in [-0.25, -0.2) is 0 Å². The number of amides is 1. The Morgan fingerprint density at radius 1 is 1.27 bits per heavy atom. The average Bonchev–Trinajstić information content (AvgIpc) is 3.58. The van der Waals surface area contributed by atoms with Crippen LogP contribution in [0, 0.1) is 11.3 Å². The fraction of sp³-hybridized carbons (Fsp3) is 0.458. The van der Waals surface area contributed by atoms with Gasteiger partial charge in [-0.2, -0.15) is 9.83 Å². The zero-order valence-corrected chi connectivity index (χ0v) is 18.6. The number of aromatic nitrogens is 3. The number of ether oxygens (including phenoxy) is 1. The number of benzene rings is 1. The van der Waals surface area contributed by atoms with Gasteiger partial charge in [0.1, 0.15) is 11.4 Å². The highest BCUT2D eigenvalue weighted by atomic mass is 16.5. The number of anilines is 1. The van der Waals surface area contributed by atoms with Gasteiger partial charge in [0, 0.05) is 17.6 Å². The Morgan fingerprint density at radius 2 is 2.03 bits per heavy atom. The molecule has 1 amide bonds. The molecule has 2 fully saturated rings. The number of hydrogen-bond donors (Lipinski definition) is 4. The Labute approximate surface area is 191 Å². The number of aliphatic hydroxyl groups is 1. The van der Waals surface area contributed by atoms with Gasteiger partial charge in [0.05, 0.1) is 29.5 Å². The van der Waals surface area contributed by atoms with Crippen LogP contribution in [0.4, 0.5) is 5.69 Å². The number of fused-ring (bicyclic) bond motifs is 1. The van der Waals surface area contributed by atoms with Crippen molar-refractivity contribution in [3.05, 3.63) is 47.7 Å². The van der Waals surface area contributed by atoms with Gasteiger partial charge in [-0.1, -0.05) is 6.07 Å². The molecule has 33 heavy (non-hydrogen) atoms. The molecule has 0 atom stereocenters. The average molecular weight is 452 g/mol. The molecule has 2 heterocycles. The third-order valence-corrected chi connectivity index (χ3v) is 6.90. The van der Waals surface area contributed by atoms with Crippen LogP contribution in [0.3, 0.4) is 0 Å². The zero-order valence-electron chi connectivity index (χ0n) is 18.6. The lowest BCUT2D eigenvalue weighted by atomic mass is 9.79. The molecular formula is C24H29N5O4. The Balaban J connectivity index is 1.41. The maximum Gasteiger partial charge on any atom is 0.275 e. The van der Waals surface area contributed by atoms with Gasteiger partial charge in [-0.3, -0.25) is 14.9 Å². The van der Waals surface area contributed by atoms with Crippen molar-refractivity contribution in [1.82, 2.24) is 14.5 Å². The molecule has 2 saturated carbocycles. The second-order valence-corrected chi connectivity index (χ2v) is 9.12. The molecule has 1 aromatic carbocycles. The van der Waals surface area contributed by atoms with Crippen molar-refractivity contribution in [1.29, 1.82) is 5.41 Å². The number of rotatable bonds is 6. The first kappa shape index (κ1) is 21.5. The van der Waals surface area contributed by atoms with E-state index in [-0.39, 0.29) is 17.2 Å². The monoisotopic (exact) mass is 451 g/mol. The standard InChI is InChI=1S/C24H29N5O4/c1-2-33-21-13-18-15(12-19(21)26-23(30)20-4-3-5-22(25)29(20)32)14-28(27-18)17-8-10-24(31,11-9-17)16-6-7-16/h3-5,12-14,16-17,25,31-32H,2,6-11H2,1H3,(H,26,30). The highest BCUT2D eigenvalue weighted by molar-refractivity contribution is 6.05. The van der Waals surface area contributed by atoms with Gasteiger partial charge in [-0.05, 0) is 69.6 Å². The van der Waals surface area contributed by atoms with Crippen molar-refractivity contribution < 1.29 is 19.8 Å². The Kier molecular flexibility index (Phi) is 5.36. The summed E-state index contributed by atoms with van der Waals surface area (Å²) in [6.45, 7) is 2.28. The number of nitrogens with one attached hydrogen (secondary N) is 2. The lowest BCUT2D eigenvalue weighted by Crippen LogP contribution is -2.36. The van der Waals surface area contributed by atoms with E-state index in [1.54, 1.807) is 0 Å². The van der Waals surface area contributed by atoms with Crippen molar-refractivity contribution in [3.63, 3.8) is 0 Å². The van der Waals surface area contributed by atoms with Gasteiger partial charge in [0.25, 0.3) is 5.91 Å². The predicted octanol–water partition coefficient (Wildman–Crippen LogP) is 3.46. The number of hydrogen-bond acceptors (Lipinski definition) is 6.